The van der Waals surface area contributed by atoms with Crippen molar-refractivity contribution in [2.45, 2.75) is 107 Å². The molecule has 1 amide bonds. The van der Waals surface area contributed by atoms with Crippen molar-refractivity contribution in [2.75, 3.05) is 42.9 Å². The van der Waals surface area contributed by atoms with Gasteiger partial charge in [-0.15, -0.1) is 0 Å². The molecule has 0 unspecified atom stereocenters. The number of likely N-dealkylation sites (tertiary alicyclic amines) is 1. The summed E-state index contributed by atoms with van der Waals surface area (Å²) in [5.74, 6) is -0.149. The number of hydrogen-bond acceptors (Lipinski definition) is 11. The molecule has 2 atom stereocenters. The summed E-state index contributed by atoms with van der Waals surface area (Å²) in [6.07, 6.45) is 11.0. The number of sulfonamides is 1. The Hall–Kier alpha value is -5.58. The van der Waals surface area contributed by atoms with Crippen LogP contribution in [0.5, 0.6) is 11.5 Å². The molecule has 4 N–H and O–H groups in total. The molecule has 2 saturated carbocycles. The molecule has 9 rings (SSSR count). The number of nitro groups is 1. The van der Waals surface area contributed by atoms with Gasteiger partial charge in [0, 0.05) is 62.8 Å². The van der Waals surface area contributed by atoms with Gasteiger partial charge >= 0.3 is 0 Å². The molecule has 14 nitrogen and oxygen atoms in total. The molecule has 2 aromatic heterocycles. The van der Waals surface area contributed by atoms with Crippen molar-refractivity contribution in [3.8, 4) is 11.5 Å². The lowest BCUT2D eigenvalue weighted by molar-refractivity contribution is -0.384. The molecule has 4 aliphatic rings. The van der Waals surface area contributed by atoms with E-state index in [1.165, 1.54) is 67.0 Å². The van der Waals surface area contributed by atoms with Crippen molar-refractivity contribution < 1.29 is 32.4 Å². The Bertz CT molecular complexity index is 2700. The fourth-order valence-corrected chi connectivity index (χ4v) is 11.8. The number of nitrogens with zero attached hydrogens (tertiary/aromatic N) is 4. The minimum absolute atomic E-state index is 0.0334. The van der Waals surface area contributed by atoms with Crippen LogP contribution in [0.15, 0.2) is 84.0 Å². The third kappa shape index (κ3) is 9.30. The number of rotatable bonds is 13. The predicted molar refractivity (Wildman–Crippen MR) is 248 cm³/mol. The number of aliphatic hydroxyl groups is 1. The highest BCUT2D eigenvalue weighted by Gasteiger charge is 2.49. The lowest BCUT2D eigenvalue weighted by atomic mass is 9.70. The Morgan fingerprint density at radius 1 is 1.03 bits per heavy atom. The van der Waals surface area contributed by atoms with Gasteiger partial charge in [0.2, 0.25) is 0 Å². The van der Waals surface area contributed by atoms with Crippen LogP contribution >= 0.6 is 0 Å². The van der Waals surface area contributed by atoms with E-state index in [4.69, 9.17) is 4.74 Å². The van der Waals surface area contributed by atoms with Crippen LogP contribution in [0.1, 0.15) is 112 Å². The summed E-state index contributed by atoms with van der Waals surface area (Å²) in [5, 5.41) is 25.7. The van der Waals surface area contributed by atoms with Gasteiger partial charge in [-0.1, -0.05) is 44.5 Å². The number of H-pyrrole nitrogens is 1. The van der Waals surface area contributed by atoms with Crippen LogP contribution in [-0.4, -0.2) is 83.6 Å². The summed E-state index contributed by atoms with van der Waals surface area (Å²) in [6, 6.07) is 19.4. The largest absolute Gasteiger partial charge is 0.455 e. The zero-order chi connectivity index (χ0) is 45.7. The number of aromatic nitrogens is 2. The van der Waals surface area contributed by atoms with Gasteiger partial charge in [-0.05, 0) is 123 Å². The topological polar surface area (TPSA) is 183 Å². The molecule has 0 bridgehead atoms. The van der Waals surface area contributed by atoms with Gasteiger partial charge in [0.05, 0.1) is 32.6 Å². The first-order valence-electron chi connectivity index (χ1n) is 22.9. The average molecular weight is 908 g/mol. The van der Waals surface area contributed by atoms with E-state index < -0.39 is 42.9 Å². The standard InChI is InChI=1S/C49H58FN7O7S/c1-31(2)36-7-4-5-8-37(36)38-9-6-10-43(38)56-29-49(30-56)19-21-55(22-20-49)33-11-13-39(45(23-33)64-34-24-40-41(50)28-53-46(40)52-27-34)47(58)54-65(62,63)35-12-14-42(44(25-35)57(60)61)51-26-32-15-17-48(3,59)18-16-32/h4-5,7-8,11-14,23-25,27-28,31-32,38,43,51,59H,6,9-10,15-22,26,29-30H2,1-3H3,(H,52,53)(H,54,58)/t32?,38-,43-,48?/m1/s1. The van der Waals surface area contributed by atoms with Crippen LogP contribution < -0.4 is 19.7 Å². The van der Waals surface area contributed by atoms with Crippen molar-refractivity contribution in [1.29, 1.82) is 0 Å². The van der Waals surface area contributed by atoms with E-state index in [0.717, 1.165) is 63.6 Å². The number of fused-ring (bicyclic) bond motifs is 1. The first-order chi connectivity index (χ1) is 31.1. The SMILES string of the molecule is CC(C)c1ccccc1[C@H]1CCC[C@H]1N1CC2(CCN(c3ccc(C(=O)NS(=O)(=O)c4ccc(NCC5CCC(C)(O)CC5)c([N+](=O)[O-])c4)c(Oc4cnc5[nH]cc(F)c5c4)c3)CC2)C1. The number of aromatic amines is 1. The Kier molecular flexibility index (Phi) is 12.1. The second-order valence-electron chi connectivity index (χ2n) is 19.5. The van der Waals surface area contributed by atoms with E-state index >= 15 is 0 Å². The lowest BCUT2D eigenvalue weighted by Gasteiger charge is -2.57. The predicted octanol–water partition coefficient (Wildman–Crippen LogP) is 9.24. The Labute approximate surface area is 379 Å². The molecule has 344 valence electrons. The van der Waals surface area contributed by atoms with Gasteiger partial charge in [0.25, 0.3) is 21.6 Å². The molecule has 16 heteroatoms. The zero-order valence-corrected chi connectivity index (χ0v) is 38.0. The normalized spacial score (nSPS) is 23.4. The average Bonchev–Trinajstić information content (AvgIpc) is 3.91. The highest BCUT2D eigenvalue weighted by molar-refractivity contribution is 7.90. The molecule has 5 aromatic rings. The molecule has 2 saturated heterocycles. The first-order valence-corrected chi connectivity index (χ1v) is 24.4. The molecule has 4 heterocycles. The minimum atomic E-state index is -4.62. The van der Waals surface area contributed by atoms with E-state index in [0.29, 0.717) is 42.9 Å². The van der Waals surface area contributed by atoms with Crippen LogP contribution in [0.25, 0.3) is 11.0 Å². The van der Waals surface area contributed by atoms with Gasteiger partial charge < -0.3 is 25.0 Å². The van der Waals surface area contributed by atoms with Crippen molar-refractivity contribution in [2.24, 2.45) is 11.3 Å². The maximum atomic E-state index is 14.6. The van der Waals surface area contributed by atoms with Gasteiger partial charge in [0.1, 0.15) is 28.7 Å². The molecule has 2 aliphatic heterocycles. The number of pyridine rings is 1. The number of carbonyl (C=O) groups is 1. The summed E-state index contributed by atoms with van der Waals surface area (Å²) < 4.78 is 50.4. The maximum absolute atomic E-state index is 14.6. The van der Waals surface area contributed by atoms with Gasteiger partial charge in [-0.2, -0.15) is 0 Å². The number of nitrogens with one attached hydrogen (secondary N) is 3. The molecule has 4 fully saturated rings. The number of hydrogen-bond donors (Lipinski definition) is 4. The van der Waals surface area contributed by atoms with Crippen LogP contribution in [-0.2, 0) is 10.0 Å². The van der Waals surface area contributed by atoms with Gasteiger partial charge in [-0.25, -0.2) is 22.5 Å². The fraction of sp³-hybridized carbons (Fsp3) is 0.469. The van der Waals surface area contributed by atoms with Crippen LogP contribution in [0.3, 0.4) is 0 Å². The third-order valence-corrected chi connectivity index (χ3v) is 15.9. The van der Waals surface area contributed by atoms with Crippen molar-refractivity contribution in [1.82, 2.24) is 19.6 Å². The van der Waals surface area contributed by atoms with E-state index in [2.05, 4.69) is 67.9 Å². The maximum Gasteiger partial charge on any atom is 0.293 e. The molecule has 1 spiro atoms. The van der Waals surface area contributed by atoms with E-state index in [-0.39, 0.29) is 39.5 Å². The molecule has 65 heavy (non-hydrogen) atoms. The van der Waals surface area contributed by atoms with Crippen LogP contribution in [0.2, 0.25) is 0 Å². The number of amides is 1. The summed E-state index contributed by atoms with van der Waals surface area (Å²) in [7, 11) is -4.62. The zero-order valence-electron chi connectivity index (χ0n) is 37.2. The van der Waals surface area contributed by atoms with Gasteiger partial charge in [-0.3, -0.25) is 19.8 Å². The Balaban J connectivity index is 0.905. The second kappa shape index (κ2) is 17.7. The molecular weight excluding hydrogens is 850 g/mol. The lowest BCUT2D eigenvalue weighted by Crippen LogP contribution is -2.63. The smallest absolute Gasteiger partial charge is 0.293 e. The quantitative estimate of drug-likeness (QED) is 0.0653. The van der Waals surface area contributed by atoms with Crippen molar-refractivity contribution in [3.05, 3.63) is 112 Å². The summed E-state index contributed by atoms with van der Waals surface area (Å²) in [6.45, 7) is 10.5. The number of piperidine rings is 1. The number of benzene rings is 3. The first kappa shape index (κ1) is 44.6. The van der Waals surface area contributed by atoms with Crippen molar-refractivity contribution >= 4 is 44.0 Å². The van der Waals surface area contributed by atoms with Gasteiger partial charge in [0.15, 0.2) is 0 Å². The third-order valence-electron chi connectivity index (χ3n) is 14.6. The number of ether oxygens (including phenoxy) is 1. The number of anilines is 2. The summed E-state index contributed by atoms with van der Waals surface area (Å²) >= 11 is 0. The van der Waals surface area contributed by atoms with E-state index in [9.17, 15) is 32.8 Å². The Morgan fingerprint density at radius 2 is 1.78 bits per heavy atom. The second-order valence-corrected chi connectivity index (χ2v) is 21.1. The number of halogens is 1. The van der Waals surface area contributed by atoms with Crippen LogP contribution in [0, 0.1) is 27.3 Å². The molecule has 0 radical (unpaired) electrons. The summed E-state index contributed by atoms with van der Waals surface area (Å²) in [4.78, 5) is 37.0. The monoisotopic (exact) mass is 907 g/mol. The summed E-state index contributed by atoms with van der Waals surface area (Å²) in [5.41, 5.74) is 3.17. The Morgan fingerprint density at radius 3 is 2.52 bits per heavy atom. The highest BCUT2D eigenvalue weighted by atomic mass is 32.2. The van der Waals surface area contributed by atoms with E-state index in [1.807, 2.05) is 0 Å². The molecule has 3 aromatic carbocycles. The highest BCUT2D eigenvalue weighted by Crippen LogP contribution is 2.49. The fourth-order valence-electron chi connectivity index (χ4n) is 10.8. The molecule has 2 aliphatic carbocycles. The van der Waals surface area contributed by atoms with E-state index in [1.54, 1.807) is 19.1 Å². The number of carbonyl (C=O) groups excluding carboxylic acids is 1. The van der Waals surface area contributed by atoms with Crippen molar-refractivity contribution in [3.63, 3.8) is 0 Å². The minimum Gasteiger partial charge on any atom is -0.455 e. The van der Waals surface area contributed by atoms with Crippen LogP contribution in [0.4, 0.5) is 21.5 Å². The number of nitro benzene ring substituents is 1. The molecular formula is C49H58FN7O7S.